The fraction of sp³-hybridized carbons (Fsp3) is 0.250. The molecule has 7 heteroatoms. The zero-order valence-electron chi connectivity index (χ0n) is 10.6. The first-order chi connectivity index (χ1) is 9.04. The van der Waals surface area contributed by atoms with Gasteiger partial charge in [-0.3, -0.25) is 0 Å². The van der Waals surface area contributed by atoms with Crippen LogP contribution in [0.2, 0.25) is 0 Å². The molecule has 2 aromatic rings. The molecule has 0 amide bonds. The summed E-state index contributed by atoms with van der Waals surface area (Å²) >= 11 is 0. The van der Waals surface area contributed by atoms with Crippen LogP contribution in [0.1, 0.15) is 11.4 Å². The van der Waals surface area contributed by atoms with Gasteiger partial charge in [-0.2, -0.15) is 4.31 Å². The molecule has 0 saturated heterocycles. The van der Waals surface area contributed by atoms with Crippen molar-refractivity contribution in [1.29, 1.82) is 0 Å². The minimum Gasteiger partial charge on any atom is -0.347 e. The lowest BCUT2D eigenvalue weighted by Crippen LogP contribution is -2.27. The number of H-pyrrole nitrogens is 1. The van der Waals surface area contributed by atoms with Crippen LogP contribution in [0.25, 0.3) is 0 Å². The zero-order chi connectivity index (χ0) is 13.9. The Bertz CT molecular complexity index is 620. The summed E-state index contributed by atoms with van der Waals surface area (Å²) in [5.74, 6) is 0.602. The number of nitrogens with two attached hydrogens (primary N) is 1. The number of sulfonamides is 1. The Labute approximate surface area is 112 Å². The van der Waals surface area contributed by atoms with Crippen LogP contribution in [0.3, 0.4) is 0 Å². The molecule has 0 radical (unpaired) electrons. The van der Waals surface area contributed by atoms with Gasteiger partial charge in [0.05, 0.1) is 11.4 Å². The van der Waals surface area contributed by atoms with Crippen molar-refractivity contribution in [2.24, 2.45) is 5.73 Å². The third-order valence-corrected chi connectivity index (χ3v) is 4.61. The van der Waals surface area contributed by atoms with Crippen molar-refractivity contribution in [3.63, 3.8) is 0 Å². The summed E-state index contributed by atoms with van der Waals surface area (Å²) in [6, 6.07) is 6.56. The minimum atomic E-state index is -3.51. The van der Waals surface area contributed by atoms with E-state index >= 15 is 0 Å². The summed E-state index contributed by atoms with van der Waals surface area (Å²) in [6.07, 6.45) is 3.25. The molecule has 3 N–H and O–H groups in total. The SMILES string of the molecule is CN(Cc1ncc[nH]1)S(=O)(=O)c1ccc(CN)cc1. The first-order valence-electron chi connectivity index (χ1n) is 5.77. The van der Waals surface area contributed by atoms with E-state index in [0.29, 0.717) is 12.4 Å². The van der Waals surface area contributed by atoms with Gasteiger partial charge < -0.3 is 10.7 Å². The molecule has 0 aliphatic heterocycles. The predicted octanol–water partition coefficient (Wildman–Crippen LogP) is 0.689. The van der Waals surface area contributed by atoms with E-state index in [0.717, 1.165) is 5.56 Å². The number of benzene rings is 1. The van der Waals surface area contributed by atoms with Gasteiger partial charge in [0.25, 0.3) is 0 Å². The van der Waals surface area contributed by atoms with E-state index in [4.69, 9.17) is 5.73 Å². The maximum Gasteiger partial charge on any atom is 0.243 e. The molecule has 0 fully saturated rings. The fourth-order valence-electron chi connectivity index (χ4n) is 1.66. The van der Waals surface area contributed by atoms with E-state index in [2.05, 4.69) is 9.97 Å². The Morgan fingerprint density at radius 2 is 2.00 bits per heavy atom. The van der Waals surface area contributed by atoms with Crippen molar-refractivity contribution in [3.05, 3.63) is 48.0 Å². The average Bonchev–Trinajstić information content (AvgIpc) is 2.91. The number of hydrogen-bond donors (Lipinski definition) is 2. The lowest BCUT2D eigenvalue weighted by molar-refractivity contribution is 0.458. The Balaban J connectivity index is 2.20. The van der Waals surface area contributed by atoms with E-state index in [1.807, 2.05) is 0 Å². The quantitative estimate of drug-likeness (QED) is 0.842. The third kappa shape index (κ3) is 3.01. The van der Waals surface area contributed by atoms with Gasteiger partial charge in [-0.25, -0.2) is 13.4 Å². The summed E-state index contributed by atoms with van der Waals surface area (Å²) in [5, 5.41) is 0. The topological polar surface area (TPSA) is 92.1 Å². The van der Waals surface area contributed by atoms with Gasteiger partial charge in [0.2, 0.25) is 10.0 Å². The Morgan fingerprint density at radius 3 is 2.53 bits per heavy atom. The summed E-state index contributed by atoms with van der Waals surface area (Å²) in [4.78, 5) is 7.14. The van der Waals surface area contributed by atoms with Gasteiger partial charge in [-0.15, -0.1) is 0 Å². The van der Waals surface area contributed by atoms with Crippen LogP contribution < -0.4 is 5.73 Å². The highest BCUT2D eigenvalue weighted by atomic mass is 32.2. The minimum absolute atomic E-state index is 0.202. The molecule has 102 valence electrons. The van der Waals surface area contributed by atoms with Gasteiger partial charge in [0, 0.05) is 26.0 Å². The molecule has 0 saturated carbocycles. The molecular formula is C12H16N4O2S. The van der Waals surface area contributed by atoms with Crippen molar-refractivity contribution >= 4 is 10.0 Å². The molecule has 0 aliphatic carbocycles. The zero-order valence-corrected chi connectivity index (χ0v) is 11.4. The predicted molar refractivity (Wildman–Crippen MR) is 71.6 cm³/mol. The van der Waals surface area contributed by atoms with Crippen LogP contribution in [0.15, 0.2) is 41.6 Å². The van der Waals surface area contributed by atoms with Crippen molar-refractivity contribution < 1.29 is 8.42 Å². The standard InChI is InChI=1S/C12H16N4O2S/c1-16(9-12-14-6-7-15-12)19(17,18)11-4-2-10(8-13)3-5-11/h2-7H,8-9,13H2,1H3,(H,14,15). The number of aromatic amines is 1. The Hall–Kier alpha value is -1.70. The number of aromatic nitrogens is 2. The second-order valence-electron chi connectivity index (χ2n) is 4.15. The van der Waals surface area contributed by atoms with Crippen LogP contribution in [-0.2, 0) is 23.1 Å². The molecule has 1 heterocycles. The number of imidazole rings is 1. The fourth-order valence-corrected chi connectivity index (χ4v) is 2.79. The molecule has 0 aliphatic rings. The maximum absolute atomic E-state index is 12.3. The van der Waals surface area contributed by atoms with Gasteiger partial charge in [-0.1, -0.05) is 12.1 Å². The summed E-state index contributed by atoms with van der Waals surface area (Å²) < 4.78 is 25.9. The molecule has 6 nitrogen and oxygen atoms in total. The van der Waals surface area contributed by atoms with E-state index in [1.165, 1.54) is 11.4 Å². The lowest BCUT2D eigenvalue weighted by atomic mass is 10.2. The highest BCUT2D eigenvalue weighted by Gasteiger charge is 2.21. The van der Waals surface area contributed by atoms with E-state index < -0.39 is 10.0 Å². The molecular weight excluding hydrogens is 264 g/mol. The second-order valence-corrected chi connectivity index (χ2v) is 6.19. The third-order valence-electron chi connectivity index (χ3n) is 2.79. The molecule has 1 aromatic carbocycles. The first kappa shape index (κ1) is 13.7. The van der Waals surface area contributed by atoms with Gasteiger partial charge in [0.15, 0.2) is 0 Å². The van der Waals surface area contributed by atoms with E-state index in [9.17, 15) is 8.42 Å². The number of nitrogens with zero attached hydrogens (tertiary/aromatic N) is 2. The first-order valence-corrected chi connectivity index (χ1v) is 7.21. The van der Waals surface area contributed by atoms with Crippen LogP contribution >= 0.6 is 0 Å². The Morgan fingerprint density at radius 1 is 1.32 bits per heavy atom. The summed E-state index contributed by atoms with van der Waals surface area (Å²) in [5.41, 5.74) is 6.38. The normalized spacial score (nSPS) is 11.9. The molecule has 1 aromatic heterocycles. The van der Waals surface area contributed by atoms with E-state index in [-0.39, 0.29) is 11.4 Å². The van der Waals surface area contributed by atoms with Crippen molar-refractivity contribution in [2.75, 3.05) is 7.05 Å². The van der Waals surface area contributed by atoms with Crippen molar-refractivity contribution in [3.8, 4) is 0 Å². The maximum atomic E-state index is 12.3. The largest absolute Gasteiger partial charge is 0.347 e. The number of nitrogens with one attached hydrogen (secondary N) is 1. The second kappa shape index (κ2) is 5.52. The van der Waals surface area contributed by atoms with Gasteiger partial charge >= 0.3 is 0 Å². The molecule has 0 unspecified atom stereocenters. The molecule has 0 atom stereocenters. The molecule has 0 spiro atoms. The smallest absolute Gasteiger partial charge is 0.243 e. The lowest BCUT2D eigenvalue weighted by Gasteiger charge is -2.16. The van der Waals surface area contributed by atoms with Gasteiger partial charge in [-0.05, 0) is 17.7 Å². The molecule has 19 heavy (non-hydrogen) atoms. The van der Waals surface area contributed by atoms with E-state index in [1.54, 1.807) is 36.7 Å². The van der Waals surface area contributed by atoms with Crippen molar-refractivity contribution in [2.45, 2.75) is 18.0 Å². The molecule has 2 rings (SSSR count). The monoisotopic (exact) mass is 280 g/mol. The molecule has 0 bridgehead atoms. The Kier molecular flexibility index (Phi) is 3.98. The van der Waals surface area contributed by atoms with Crippen LogP contribution in [0.4, 0.5) is 0 Å². The number of rotatable bonds is 5. The van der Waals surface area contributed by atoms with Crippen molar-refractivity contribution in [1.82, 2.24) is 14.3 Å². The van der Waals surface area contributed by atoms with Gasteiger partial charge in [0.1, 0.15) is 5.82 Å². The van der Waals surface area contributed by atoms with Crippen LogP contribution in [0.5, 0.6) is 0 Å². The van der Waals surface area contributed by atoms with Crippen LogP contribution in [-0.4, -0.2) is 29.7 Å². The summed E-state index contributed by atoms with van der Waals surface area (Å²) in [6.45, 7) is 0.594. The average molecular weight is 280 g/mol. The summed E-state index contributed by atoms with van der Waals surface area (Å²) in [7, 11) is -1.99. The van der Waals surface area contributed by atoms with Crippen LogP contribution in [0, 0.1) is 0 Å². The highest BCUT2D eigenvalue weighted by molar-refractivity contribution is 7.89. The highest BCUT2D eigenvalue weighted by Crippen LogP contribution is 2.16. The number of hydrogen-bond acceptors (Lipinski definition) is 4.